The summed E-state index contributed by atoms with van der Waals surface area (Å²) in [5.41, 5.74) is -0.534. The first-order valence-corrected chi connectivity index (χ1v) is 18.5. The van der Waals surface area contributed by atoms with Gasteiger partial charge in [0.25, 0.3) is 0 Å². The van der Waals surface area contributed by atoms with E-state index in [-0.39, 0.29) is 68.5 Å². The van der Waals surface area contributed by atoms with E-state index in [4.69, 9.17) is 14.2 Å². The van der Waals surface area contributed by atoms with Gasteiger partial charge in [-0.2, -0.15) is 0 Å². The van der Waals surface area contributed by atoms with Gasteiger partial charge in [-0.05, 0) is 46.0 Å². The number of rotatable bonds is 21. The number of carbonyl (C=O) groups excluding carboxylic acids is 6. The molecule has 0 aromatic rings. The van der Waals surface area contributed by atoms with Crippen LogP contribution in [0.4, 0.5) is 4.79 Å². The molecule has 49 heavy (non-hydrogen) atoms. The number of quaternary nitrogens is 1. The fraction of sp³-hybridized carbons (Fsp3) is 0.829. The van der Waals surface area contributed by atoms with Crippen molar-refractivity contribution in [2.75, 3.05) is 73.4 Å². The Morgan fingerprint density at radius 3 is 2.14 bits per heavy atom. The van der Waals surface area contributed by atoms with Crippen molar-refractivity contribution >= 4 is 47.5 Å². The standard InChI is InChI=1S/C35H63N4O9S/c1-13-16-37(34(45)36(9)24(2)3)27(6)25(4)32(43)48-21-22-49-28-23-29(40)38(31(28)42)17-19-47-33(44)26(5)35(7,8)15-14-30(41)46-20-18-39(10,11)12/h24-28H,13-23H2,1-12H3/q+1. The third-order valence-corrected chi connectivity index (χ3v) is 10.5. The molecular formula is C35H63N4O9S+. The molecule has 0 aromatic heterocycles. The van der Waals surface area contributed by atoms with Gasteiger partial charge in [-0.15, -0.1) is 11.8 Å². The Balaban J connectivity index is 2.50. The number of hydrogen-bond acceptors (Lipinski definition) is 10. The zero-order valence-corrected chi connectivity index (χ0v) is 32.9. The van der Waals surface area contributed by atoms with Crippen LogP contribution in [0.5, 0.6) is 0 Å². The van der Waals surface area contributed by atoms with Gasteiger partial charge in [-0.25, -0.2) is 4.79 Å². The summed E-state index contributed by atoms with van der Waals surface area (Å²) in [5, 5.41) is -0.609. The van der Waals surface area contributed by atoms with Crippen LogP contribution in [-0.2, 0) is 38.2 Å². The van der Waals surface area contributed by atoms with Gasteiger partial charge >= 0.3 is 23.9 Å². The predicted molar refractivity (Wildman–Crippen MR) is 189 cm³/mol. The summed E-state index contributed by atoms with van der Waals surface area (Å²) in [6.07, 6.45) is 1.39. The molecule has 1 fully saturated rings. The highest BCUT2D eigenvalue weighted by Gasteiger charge is 2.39. The molecule has 0 aliphatic carbocycles. The summed E-state index contributed by atoms with van der Waals surface area (Å²) in [5.74, 6) is -2.66. The van der Waals surface area contributed by atoms with Gasteiger partial charge in [-0.1, -0.05) is 27.7 Å². The topological polar surface area (TPSA) is 140 Å². The van der Waals surface area contributed by atoms with Gasteiger partial charge in [-0.3, -0.25) is 28.9 Å². The number of likely N-dealkylation sites (tertiary alicyclic amines) is 1. The van der Waals surface area contributed by atoms with Crippen molar-refractivity contribution in [3.63, 3.8) is 0 Å². The van der Waals surface area contributed by atoms with E-state index in [1.54, 1.807) is 30.7 Å². The van der Waals surface area contributed by atoms with Crippen molar-refractivity contribution in [3.8, 4) is 0 Å². The Labute approximate surface area is 298 Å². The lowest BCUT2D eigenvalue weighted by atomic mass is 9.76. The quantitative estimate of drug-likeness (QED) is 0.0567. The van der Waals surface area contributed by atoms with Crippen LogP contribution in [0.2, 0.25) is 0 Å². The highest BCUT2D eigenvalue weighted by Crippen LogP contribution is 2.33. The number of nitrogens with zero attached hydrogens (tertiary/aromatic N) is 4. The molecule has 282 valence electrons. The van der Waals surface area contributed by atoms with Crippen LogP contribution in [0, 0.1) is 17.3 Å². The van der Waals surface area contributed by atoms with Crippen LogP contribution in [-0.4, -0.2) is 146 Å². The maximum Gasteiger partial charge on any atom is 0.320 e. The third-order valence-electron chi connectivity index (χ3n) is 9.31. The number of esters is 3. The van der Waals surface area contributed by atoms with Crippen molar-refractivity contribution in [3.05, 3.63) is 0 Å². The summed E-state index contributed by atoms with van der Waals surface area (Å²) >= 11 is 1.24. The average molecular weight is 716 g/mol. The fourth-order valence-corrected chi connectivity index (χ4v) is 5.91. The normalized spacial score (nSPS) is 17.1. The molecule has 4 unspecified atom stereocenters. The van der Waals surface area contributed by atoms with E-state index in [1.165, 1.54) is 11.8 Å². The Hall–Kier alpha value is -2.87. The van der Waals surface area contributed by atoms with Gasteiger partial charge in [0.15, 0.2) is 0 Å². The van der Waals surface area contributed by atoms with E-state index >= 15 is 0 Å². The summed E-state index contributed by atoms with van der Waals surface area (Å²) in [4.78, 5) is 80.8. The number of urea groups is 1. The van der Waals surface area contributed by atoms with Gasteiger partial charge in [0.1, 0.15) is 26.4 Å². The van der Waals surface area contributed by atoms with E-state index in [2.05, 4.69) is 0 Å². The SMILES string of the molecule is CCCN(C(=O)N(C)C(C)C)C(C)C(C)C(=O)OCCSC1CC(=O)N(CCOC(=O)C(C)C(C)(C)CCC(=O)OCC[N+](C)(C)C)C1=O. The van der Waals surface area contributed by atoms with Crippen LogP contribution in [0.1, 0.15) is 81.1 Å². The molecule has 0 aromatic carbocycles. The molecule has 13 nitrogen and oxygen atoms in total. The van der Waals surface area contributed by atoms with Crippen LogP contribution in [0.3, 0.4) is 0 Å². The molecule has 1 saturated heterocycles. The molecule has 0 N–H and O–H groups in total. The van der Waals surface area contributed by atoms with E-state index in [1.807, 2.05) is 62.7 Å². The molecule has 0 saturated carbocycles. The molecule has 1 heterocycles. The third kappa shape index (κ3) is 14.5. The zero-order chi connectivity index (χ0) is 37.7. The Morgan fingerprint density at radius 1 is 0.959 bits per heavy atom. The minimum Gasteiger partial charge on any atom is -0.465 e. The molecule has 1 aliphatic heterocycles. The number of imide groups is 1. The molecule has 0 bridgehead atoms. The van der Waals surface area contributed by atoms with Gasteiger partial charge in [0.2, 0.25) is 11.8 Å². The zero-order valence-electron chi connectivity index (χ0n) is 32.0. The first-order valence-electron chi connectivity index (χ1n) is 17.4. The maximum absolute atomic E-state index is 13.0. The Bertz CT molecular complexity index is 1140. The molecule has 0 radical (unpaired) electrons. The summed E-state index contributed by atoms with van der Waals surface area (Å²) in [7, 11) is 7.79. The number of likely N-dealkylation sites (N-methyl/N-ethyl adjacent to an activating group) is 1. The van der Waals surface area contributed by atoms with Crippen LogP contribution >= 0.6 is 11.8 Å². The highest BCUT2D eigenvalue weighted by atomic mass is 32.2. The maximum atomic E-state index is 13.0. The number of carbonyl (C=O) groups is 6. The summed E-state index contributed by atoms with van der Waals surface area (Å²) in [6.45, 7) is 16.4. The van der Waals surface area contributed by atoms with E-state index in [9.17, 15) is 28.8 Å². The predicted octanol–water partition coefficient (Wildman–Crippen LogP) is 3.82. The Kier molecular flexibility index (Phi) is 18.1. The molecule has 14 heteroatoms. The van der Waals surface area contributed by atoms with Crippen LogP contribution < -0.4 is 0 Å². The van der Waals surface area contributed by atoms with Gasteiger partial charge in [0, 0.05) is 44.3 Å². The number of ether oxygens (including phenoxy) is 3. The lowest BCUT2D eigenvalue weighted by molar-refractivity contribution is -0.870. The lowest BCUT2D eigenvalue weighted by Gasteiger charge is -2.36. The molecule has 1 aliphatic rings. The summed E-state index contributed by atoms with van der Waals surface area (Å²) < 4.78 is 16.9. The van der Waals surface area contributed by atoms with E-state index in [0.29, 0.717) is 36.4 Å². The molecule has 4 amide bonds. The van der Waals surface area contributed by atoms with E-state index < -0.39 is 34.4 Å². The minimum absolute atomic E-state index is 0.0184. The molecule has 1 rings (SSSR count). The van der Waals surface area contributed by atoms with Crippen LogP contribution in [0.15, 0.2) is 0 Å². The van der Waals surface area contributed by atoms with Crippen LogP contribution in [0.25, 0.3) is 0 Å². The van der Waals surface area contributed by atoms with Crippen molar-refractivity contribution in [2.45, 2.75) is 98.4 Å². The molecular weight excluding hydrogens is 652 g/mol. The summed E-state index contributed by atoms with van der Waals surface area (Å²) in [6, 6.07) is -0.484. The smallest absolute Gasteiger partial charge is 0.320 e. The second-order valence-electron chi connectivity index (χ2n) is 14.9. The van der Waals surface area contributed by atoms with Gasteiger partial charge < -0.3 is 28.5 Å². The lowest BCUT2D eigenvalue weighted by Crippen LogP contribution is -2.51. The van der Waals surface area contributed by atoms with Crippen molar-refractivity contribution in [2.24, 2.45) is 17.3 Å². The number of hydrogen-bond donors (Lipinski definition) is 0. The second kappa shape index (κ2) is 20.1. The fourth-order valence-electron chi connectivity index (χ4n) is 4.91. The molecule has 0 spiro atoms. The van der Waals surface area contributed by atoms with E-state index in [0.717, 1.165) is 11.3 Å². The monoisotopic (exact) mass is 715 g/mol. The Morgan fingerprint density at radius 2 is 1.57 bits per heavy atom. The second-order valence-corrected chi connectivity index (χ2v) is 16.2. The number of thioether (sulfide) groups is 1. The van der Waals surface area contributed by atoms with Gasteiger partial charge in [0.05, 0.1) is 44.8 Å². The largest absolute Gasteiger partial charge is 0.465 e. The van der Waals surface area contributed by atoms with Crippen molar-refractivity contribution in [1.29, 1.82) is 0 Å². The first kappa shape index (κ1) is 44.2. The first-order chi connectivity index (χ1) is 22.6. The highest BCUT2D eigenvalue weighted by molar-refractivity contribution is 8.00. The number of amides is 4. The average Bonchev–Trinajstić information content (AvgIpc) is 3.29. The minimum atomic E-state index is -0.609. The van der Waals surface area contributed by atoms with Crippen molar-refractivity contribution < 1.29 is 47.5 Å². The van der Waals surface area contributed by atoms with Crippen molar-refractivity contribution in [1.82, 2.24) is 14.7 Å². The molecule has 4 atom stereocenters.